The van der Waals surface area contributed by atoms with Gasteiger partial charge in [-0.3, -0.25) is 4.79 Å². The van der Waals surface area contributed by atoms with Crippen molar-refractivity contribution in [2.45, 2.75) is 32.2 Å². The minimum atomic E-state index is 0.117. The van der Waals surface area contributed by atoms with Gasteiger partial charge in [0.05, 0.1) is 6.04 Å². The van der Waals surface area contributed by atoms with Crippen LogP contribution in [0.3, 0.4) is 0 Å². The molecule has 0 saturated carbocycles. The number of benzene rings is 1. The molecule has 1 aliphatic heterocycles. The monoisotopic (exact) mass is 309 g/mol. The molecule has 0 unspecified atom stereocenters. The molecule has 0 spiro atoms. The fourth-order valence-corrected chi connectivity index (χ4v) is 3.16. The number of carbonyl (C=O) groups excluding carboxylic acids is 1. The zero-order valence-electron chi connectivity index (χ0n) is 13.5. The average Bonchev–Trinajstić information content (AvgIpc) is 2.63. The van der Waals surface area contributed by atoms with Crippen molar-refractivity contribution in [3.63, 3.8) is 0 Å². The van der Waals surface area contributed by atoms with Crippen LogP contribution in [0.5, 0.6) is 0 Å². The molecule has 1 fully saturated rings. The smallest absolute Gasteiger partial charge is 0.254 e. The highest BCUT2D eigenvalue weighted by Gasteiger charge is 2.28. The van der Waals surface area contributed by atoms with Crippen LogP contribution in [0.1, 0.15) is 48.1 Å². The van der Waals surface area contributed by atoms with Crippen LogP contribution in [0, 0.1) is 0 Å². The zero-order valence-corrected chi connectivity index (χ0v) is 13.5. The molecule has 0 aliphatic carbocycles. The molecule has 1 saturated heterocycles. The molecular weight excluding hydrogens is 286 g/mol. The predicted octanol–water partition coefficient (Wildman–Crippen LogP) is 3.88. The number of hydrogen-bond donors (Lipinski definition) is 1. The van der Waals surface area contributed by atoms with Crippen molar-refractivity contribution < 1.29 is 4.79 Å². The van der Waals surface area contributed by atoms with Gasteiger partial charge in [0.2, 0.25) is 0 Å². The SMILES string of the molecule is CCNc1ccc([C@@H]2CCCCN2C(=O)c2ccccc2)cn1. The van der Waals surface area contributed by atoms with Gasteiger partial charge in [0, 0.05) is 24.8 Å². The summed E-state index contributed by atoms with van der Waals surface area (Å²) >= 11 is 0. The first kappa shape index (κ1) is 15.5. The number of rotatable bonds is 4. The van der Waals surface area contributed by atoms with Gasteiger partial charge in [0.15, 0.2) is 0 Å². The largest absolute Gasteiger partial charge is 0.370 e. The molecule has 1 amide bonds. The maximum Gasteiger partial charge on any atom is 0.254 e. The first-order valence-corrected chi connectivity index (χ1v) is 8.35. The van der Waals surface area contributed by atoms with E-state index < -0.39 is 0 Å². The Morgan fingerprint density at radius 2 is 2.04 bits per heavy atom. The molecule has 0 radical (unpaired) electrons. The normalized spacial score (nSPS) is 17.8. The summed E-state index contributed by atoms with van der Waals surface area (Å²) in [5, 5.41) is 3.21. The van der Waals surface area contributed by atoms with Crippen molar-refractivity contribution in [2.24, 2.45) is 0 Å². The fraction of sp³-hybridized carbons (Fsp3) is 0.368. The van der Waals surface area contributed by atoms with Gasteiger partial charge in [-0.05, 0) is 49.9 Å². The van der Waals surface area contributed by atoms with E-state index in [-0.39, 0.29) is 11.9 Å². The highest BCUT2D eigenvalue weighted by atomic mass is 16.2. The Bertz CT molecular complexity index is 639. The van der Waals surface area contributed by atoms with Crippen molar-refractivity contribution in [3.8, 4) is 0 Å². The Morgan fingerprint density at radius 1 is 1.22 bits per heavy atom. The number of anilines is 1. The maximum absolute atomic E-state index is 12.8. The second-order valence-electron chi connectivity index (χ2n) is 5.88. The first-order valence-electron chi connectivity index (χ1n) is 8.35. The summed E-state index contributed by atoms with van der Waals surface area (Å²) in [5.41, 5.74) is 1.88. The van der Waals surface area contributed by atoms with E-state index in [4.69, 9.17) is 0 Å². The van der Waals surface area contributed by atoms with Gasteiger partial charge in [0.25, 0.3) is 5.91 Å². The molecule has 2 aromatic rings. The van der Waals surface area contributed by atoms with Crippen LogP contribution in [-0.2, 0) is 0 Å². The second-order valence-corrected chi connectivity index (χ2v) is 5.88. The van der Waals surface area contributed by atoms with E-state index in [9.17, 15) is 4.79 Å². The van der Waals surface area contributed by atoms with E-state index in [0.29, 0.717) is 0 Å². The lowest BCUT2D eigenvalue weighted by Crippen LogP contribution is -2.38. The molecule has 120 valence electrons. The quantitative estimate of drug-likeness (QED) is 0.932. The zero-order chi connectivity index (χ0) is 16.1. The average molecular weight is 309 g/mol. The number of nitrogens with one attached hydrogen (secondary N) is 1. The lowest BCUT2D eigenvalue weighted by molar-refractivity contribution is 0.0611. The third-order valence-corrected chi connectivity index (χ3v) is 4.31. The van der Waals surface area contributed by atoms with Gasteiger partial charge in [0.1, 0.15) is 5.82 Å². The summed E-state index contributed by atoms with van der Waals surface area (Å²) < 4.78 is 0. The lowest BCUT2D eigenvalue weighted by atomic mass is 9.95. The fourth-order valence-electron chi connectivity index (χ4n) is 3.16. The molecule has 0 bridgehead atoms. The summed E-state index contributed by atoms with van der Waals surface area (Å²) in [5.74, 6) is 0.999. The van der Waals surface area contributed by atoms with Crippen LogP contribution in [0.4, 0.5) is 5.82 Å². The Kier molecular flexibility index (Phi) is 4.91. The van der Waals surface area contributed by atoms with Gasteiger partial charge >= 0.3 is 0 Å². The van der Waals surface area contributed by atoms with Gasteiger partial charge < -0.3 is 10.2 Å². The molecular formula is C19H23N3O. The Morgan fingerprint density at radius 3 is 2.74 bits per heavy atom. The van der Waals surface area contributed by atoms with Crippen molar-refractivity contribution in [3.05, 3.63) is 59.8 Å². The van der Waals surface area contributed by atoms with Gasteiger partial charge in [-0.25, -0.2) is 4.98 Å². The number of aromatic nitrogens is 1. The van der Waals surface area contributed by atoms with Crippen LogP contribution >= 0.6 is 0 Å². The summed E-state index contributed by atoms with van der Waals surface area (Å²) in [6.07, 6.45) is 5.12. The molecule has 1 aliphatic rings. The van der Waals surface area contributed by atoms with Crippen molar-refractivity contribution in [1.29, 1.82) is 0 Å². The topological polar surface area (TPSA) is 45.2 Å². The molecule has 3 rings (SSSR count). The second kappa shape index (κ2) is 7.27. The number of hydrogen-bond acceptors (Lipinski definition) is 3. The molecule has 2 heterocycles. The van der Waals surface area contributed by atoms with Crippen molar-refractivity contribution >= 4 is 11.7 Å². The lowest BCUT2D eigenvalue weighted by Gasteiger charge is -2.36. The number of amides is 1. The molecule has 1 aromatic heterocycles. The predicted molar refractivity (Wildman–Crippen MR) is 92.5 cm³/mol. The summed E-state index contributed by atoms with van der Waals surface area (Å²) in [7, 11) is 0. The standard InChI is InChI=1S/C19H23N3O/c1-2-20-18-12-11-16(14-21-18)17-10-6-7-13-22(17)19(23)15-8-4-3-5-9-15/h3-5,8-9,11-12,14,17H,2,6-7,10,13H2,1H3,(H,20,21)/t17-/m0/s1. The van der Waals surface area contributed by atoms with E-state index in [1.807, 2.05) is 47.5 Å². The van der Waals surface area contributed by atoms with Crippen LogP contribution in [-0.4, -0.2) is 28.9 Å². The van der Waals surface area contributed by atoms with Crippen molar-refractivity contribution in [2.75, 3.05) is 18.4 Å². The van der Waals surface area contributed by atoms with E-state index >= 15 is 0 Å². The first-order chi connectivity index (χ1) is 11.3. The van der Waals surface area contributed by atoms with E-state index in [1.54, 1.807) is 0 Å². The van der Waals surface area contributed by atoms with E-state index in [0.717, 1.165) is 49.3 Å². The molecule has 23 heavy (non-hydrogen) atoms. The van der Waals surface area contributed by atoms with Gasteiger partial charge in [-0.15, -0.1) is 0 Å². The summed E-state index contributed by atoms with van der Waals surface area (Å²) in [6.45, 7) is 3.72. The number of likely N-dealkylation sites (tertiary alicyclic amines) is 1. The van der Waals surface area contributed by atoms with Crippen LogP contribution in [0.25, 0.3) is 0 Å². The van der Waals surface area contributed by atoms with Gasteiger partial charge in [-0.2, -0.15) is 0 Å². The number of carbonyl (C=O) groups is 1. The Labute approximate surface area is 137 Å². The highest BCUT2D eigenvalue weighted by Crippen LogP contribution is 2.32. The minimum Gasteiger partial charge on any atom is -0.370 e. The van der Waals surface area contributed by atoms with Crippen LogP contribution in [0.15, 0.2) is 48.7 Å². The summed E-state index contributed by atoms with van der Waals surface area (Å²) in [6, 6.07) is 13.8. The van der Waals surface area contributed by atoms with Crippen molar-refractivity contribution in [1.82, 2.24) is 9.88 Å². The van der Waals surface area contributed by atoms with E-state index in [2.05, 4.69) is 23.3 Å². The minimum absolute atomic E-state index is 0.117. The molecule has 1 N–H and O–H groups in total. The molecule has 4 heteroatoms. The third kappa shape index (κ3) is 3.52. The molecule has 4 nitrogen and oxygen atoms in total. The van der Waals surface area contributed by atoms with Gasteiger partial charge in [-0.1, -0.05) is 24.3 Å². The third-order valence-electron chi connectivity index (χ3n) is 4.31. The Balaban J connectivity index is 1.82. The molecule has 1 atom stereocenters. The number of nitrogens with zero attached hydrogens (tertiary/aromatic N) is 2. The number of piperidine rings is 1. The Hall–Kier alpha value is -2.36. The van der Waals surface area contributed by atoms with E-state index in [1.165, 1.54) is 0 Å². The highest BCUT2D eigenvalue weighted by molar-refractivity contribution is 5.94. The van der Waals surface area contributed by atoms with Crippen LogP contribution < -0.4 is 5.32 Å². The summed E-state index contributed by atoms with van der Waals surface area (Å²) in [4.78, 5) is 19.3. The number of pyridine rings is 1. The molecule has 1 aromatic carbocycles. The van der Waals surface area contributed by atoms with Crippen LogP contribution in [0.2, 0.25) is 0 Å². The maximum atomic E-state index is 12.8.